The maximum absolute atomic E-state index is 12.0. The van der Waals surface area contributed by atoms with Gasteiger partial charge in [-0.05, 0) is 18.9 Å². The predicted molar refractivity (Wildman–Crippen MR) is 72.1 cm³/mol. The van der Waals surface area contributed by atoms with Gasteiger partial charge in [-0.3, -0.25) is 14.9 Å². The zero-order valence-electron chi connectivity index (χ0n) is 11.1. The molecule has 2 rings (SSSR count). The molecule has 1 amide bonds. The Morgan fingerprint density at radius 3 is 2.95 bits per heavy atom. The second-order valence-electron chi connectivity index (χ2n) is 4.93. The van der Waals surface area contributed by atoms with Crippen molar-refractivity contribution in [3.63, 3.8) is 0 Å². The summed E-state index contributed by atoms with van der Waals surface area (Å²) in [5.41, 5.74) is 0.670. The van der Waals surface area contributed by atoms with Crippen LogP contribution >= 0.6 is 0 Å². The van der Waals surface area contributed by atoms with Crippen LogP contribution in [0.5, 0.6) is 0 Å². The number of carbonyl (C=O) groups excluding carboxylic acids is 1. The van der Waals surface area contributed by atoms with E-state index in [1.54, 1.807) is 19.1 Å². The molecule has 3 atom stereocenters. The van der Waals surface area contributed by atoms with Gasteiger partial charge in [-0.2, -0.15) is 0 Å². The highest BCUT2D eigenvalue weighted by Crippen LogP contribution is 2.19. The summed E-state index contributed by atoms with van der Waals surface area (Å²) in [6, 6.07) is 5.44. The Labute approximate surface area is 116 Å². The summed E-state index contributed by atoms with van der Waals surface area (Å²) < 4.78 is 0. The van der Waals surface area contributed by atoms with Crippen molar-refractivity contribution in [2.45, 2.75) is 31.5 Å². The fourth-order valence-corrected chi connectivity index (χ4v) is 2.22. The van der Waals surface area contributed by atoms with E-state index in [0.29, 0.717) is 18.5 Å². The van der Waals surface area contributed by atoms with Crippen LogP contribution in [-0.2, 0) is 4.79 Å². The zero-order valence-corrected chi connectivity index (χ0v) is 11.1. The maximum Gasteiger partial charge on any atom is 0.269 e. The summed E-state index contributed by atoms with van der Waals surface area (Å²) >= 11 is 0. The van der Waals surface area contributed by atoms with Gasteiger partial charge < -0.3 is 15.7 Å². The first-order chi connectivity index (χ1) is 9.47. The number of non-ortho nitro benzene ring substituents is 1. The molecule has 1 fully saturated rings. The number of carbonyl (C=O) groups is 1. The largest absolute Gasteiger partial charge is 0.392 e. The highest BCUT2D eigenvalue weighted by Gasteiger charge is 2.28. The SMILES string of the molecule is CC(NC(=O)C1CC(O)CN1)c1cccc([N+](=O)[O-])c1. The van der Waals surface area contributed by atoms with Crippen LogP contribution in [-0.4, -0.2) is 34.6 Å². The van der Waals surface area contributed by atoms with Crippen LogP contribution in [0.4, 0.5) is 5.69 Å². The lowest BCUT2D eigenvalue weighted by Crippen LogP contribution is -2.41. The van der Waals surface area contributed by atoms with Crippen LogP contribution in [0.2, 0.25) is 0 Å². The number of nitro groups is 1. The molecule has 0 aromatic heterocycles. The lowest BCUT2D eigenvalue weighted by atomic mass is 10.1. The first kappa shape index (κ1) is 14.4. The number of rotatable bonds is 4. The summed E-state index contributed by atoms with van der Waals surface area (Å²) in [7, 11) is 0. The number of benzene rings is 1. The molecule has 1 aromatic rings. The summed E-state index contributed by atoms with van der Waals surface area (Å²) in [5, 5.41) is 25.8. The van der Waals surface area contributed by atoms with Crippen molar-refractivity contribution in [2.24, 2.45) is 0 Å². The van der Waals surface area contributed by atoms with Gasteiger partial charge in [0.05, 0.1) is 23.1 Å². The summed E-state index contributed by atoms with van der Waals surface area (Å²) in [6.07, 6.45) is -0.119. The van der Waals surface area contributed by atoms with Crippen molar-refractivity contribution in [3.8, 4) is 0 Å². The Hall–Kier alpha value is -1.99. The van der Waals surface area contributed by atoms with Crippen molar-refractivity contribution in [1.29, 1.82) is 0 Å². The van der Waals surface area contributed by atoms with E-state index in [0.717, 1.165) is 0 Å². The summed E-state index contributed by atoms with van der Waals surface area (Å²) in [4.78, 5) is 22.2. The first-order valence-corrected chi connectivity index (χ1v) is 6.43. The number of nitro benzene ring substituents is 1. The standard InChI is InChI=1S/C13H17N3O4/c1-8(9-3-2-4-10(5-9)16(19)20)15-13(18)12-6-11(17)7-14-12/h2-5,8,11-12,14,17H,6-7H2,1H3,(H,15,18). The first-order valence-electron chi connectivity index (χ1n) is 6.43. The molecule has 1 aliphatic heterocycles. The molecular weight excluding hydrogens is 262 g/mol. The highest BCUT2D eigenvalue weighted by molar-refractivity contribution is 5.82. The molecule has 20 heavy (non-hydrogen) atoms. The minimum absolute atomic E-state index is 0.00184. The molecule has 1 aliphatic rings. The quantitative estimate of drug-likeness (QED) is 0.549. The lowest BCUT2D eigenvalue weighted by Gasteiger charge is -2.17. The molecule has 3 N–H and O–H groups in total. The van der Waals surface area contributed by atoms with Gasteiger partial charge in [0.2, 0.25) is 5.91 Å². The van der Waals surface area contributed by atoms with Crippen LogP contribution in [0.25, 0.3) is 0 Å². The van der Waals surface area contributed by atoms with E-state index in [9.17, 15) is 20.0 Å². The molecule has 3 unspecified atom stereocenters. The van der Waals surface area contributed by atoms with Crippen LogP contribution in [0, 0.1) is 10.1 Å². The third-order valence-electron chi connectivity index (χ3n) is 3.36. The number of nitrogens with zero attached hydrogens (tertiary/aromatic N) is 1. The number of hydrogen-bond acceptors (Lipinski definition) is 5. The van der Waals surface area contributed by atoms with Crippen LogP contribution in [0.1, 0.15) is 24.9 Å². The van der Waals surface area contributed by atoms with Gasteiger partial charge in [0.1, 0.15) is 0 Å². The Morgan fingerprint density at radius 1 is 1.60 bits per heavy atom. The molecule has 0 saturated carbocycles. The third kappa shape index (κ3) is 3.31. The monoisotopic (exact) mass is 279 g/mol. The number of β-amino-alcohol motifs (C(OH)–C–C–N with tert-alkyl or cyclic N) is 1. The molecule has 1 heterocycles. The molecule has 0 radical (unpaired) electrons. The maximum atomic E-state index is 12.0. The second-order valence-corrected chi connectivity index (χ2v) is 4.93. The van der Waals surface area contributed by atoms with Crippen molar-refractivity contribution in [3.05, 3.63) is 39.9 Å². The predicted octanol–water partition coefficient (Wildman–Crippen LogP) is 0.495. The number of nitrogens with one attached hydrogen (secondary N) is 2. The van der Waals surface area contributed by atoms with Gasteiger partial charge in [-0.1, -0.05) is 12.1 Å². The summed E-state index contributed by atoms with van der Waals surface area (Å²) in [6.45, 7) is 2.17. The minimum atomic E-state index is -0.501. The Balaban J connectivity index is 2.01. The van der Waals surface area contributed by atoms with E-state index >= 15 is 0 Å². The Kier molecular flexibility index (Phi) is 4.31. The van der Waals surface area contributed by atoms with Gasteiger partial charge >= 0.3 is 0 Å². The molecule has 108 valence electrons. The van der Waals surface area contributed by atoms with Crippen LogP contribution in [0.3, 0.4) is 0 Å². The van der Waals surface area contributed by atoms with Crippen molar-refractivity contribution < 1.29 is 14.8 Å². The normalized spacial score (nSPS) is 23.3. The average Bonchev–Trinajstić information content (AvgIpc) is 2.85. The van der Waals surface area contributed by atoms with Crippen molar-refractivity contribution in [2.75, 3.05) is 6.54 Å². The summed E-state index contributed by atoms with van der Waals surface area (Å²) in [5.74, 6) is -0.208. The number of hydrogen-bond donors (Lipinski definition) is 3. The number of amides is 1. The van der Waals surface area contributed by atoms with E-state index in [2.05, 4.69) is 10.6 Å². The lowest BCUT2D eigenvalue weighted by molar-refractivity contribution is -0.384. The van der Waals surface area contributed by atoms with Gasteiger partial charge in [0.25, 0.3) is 5.69 Å². The van der Waals surface area contributed by atoms with E-state index in [4.69, 9.17) is 0 Å². The molecule has 1 saturated heterocycles. The second kappa shape index (κ2) is 5.98. The molecule has 7 heteroatoms. The fraction of sp³-hybridized carbons (Fsp3) is 0.462. The fourth-order valence-electron chi connectivity index (χ4n) is 2.22. The molecule has 7 nitrogen and oxygen atoms in total. The van der Waals surface area contributed by atoms with E-state index in [1.165, 1.54) is 12.1 Å². The number of aliphatic hydroxyl groups is 1. The van der Waals surface area contributed by atoms with Gasteiger partial charge in [0, 0.05) is 18.7 Å². The molecule has 1 aromatic carbocycles. The molecular formula is C13H17N3O4. The highest BCUT2D eigenvalue weighted by atomic mass is 16.6. The molecule has 0 bridgehead atoms. The van der Waals surface area contributed by atoms with Crippen molar-refractivity contribution >= 4 is 11.6 Å². The van der Waals surface area contributed by atoms with E-state index in [-0.39, 0.29) is 17.6 Å². The zero-order chi connectivity index (χ0) is 14.7. The van der Waals surface area contributed by atoms with Gasteiger partial charge in [0.15, 0.2) is 0 Å². The average molecular weight is 279 g/mol. The Morgan fingerprint density at radius 2 is 2.35 bits per heavy atom. The third-order valence-corrected chi connectivity index (χ3v) is 3.36. The smallest absolute Gasteiger partial charge is 0.269 e. The van der Waals surface area contributed by atoms with Crippen molar-refractivity contribution in [1.82, 2.24) is 10.6 Å². The van der Waals surface area contributed by atoms with Crippen LogP contribution in [0.15, 0.2) is 24.3 Å². The van der Waals surface area contributed by atoms with Gasteiger partial charge in [-0.15, -0.1) is 0 Å². The topological polar surface area (TPSA) is 104 Å². The van der Waals surface area contributed by atoms with Crippen LogP contribution < -0.4 is 10.6 Å². The Bertz CT molecular complexity index is 520. The molecule has 0 aliphatic carbocycles. The van der Waals surface area contributed by atoms with E-state index < -0.39 is 17.1 Å². The molecule has 0 spiro atoms. The van der Waals surface area contributed by atoms with E-state index in [1.807, 2.05) is 0 Å². The number of aliphatic hydroxyl groups excluding tert-OH is 1. The minimum Gasteiger partial charge on any atom is -0.392 e. The van der Waals surface area contributed by atoms with Gasteiger partial charge in [-0.25, -0.2) is 0 Å².